The van der Waals surface area contributed by atoms with Crippen LogP contribution in [0.2, 0.25) is 0 Å². The van der Waals surface area contributed by atoms with Crippen LogP contribution in [-0.4, -0.2) is 45.0 Å². The highest BCUT2D eigenvalue weighted by Gasteiger charge is 2.35. The molecular formula is C27H35N5O3. The number of hydrogen-bond acceptors (Lipinski definition) is 7. The summed E-state index contributed by atoms with van der Waals surface area (Å²) in [5.41, 5.74) is 3.00. The summed E-state index contributed by atoms with van der Waals surface area (Å²) in [5, 5.41) is 9.04. The normalized spacial score (nSPS) is 20.8. The quantitative estimate of drug-likeness (QED) is 0.456. The van der Waals surface area contributed by atoms with Crippen LogP contribution in [0.15, 0.2) is 23.3 Å². The van der Waals surface area contributed by atoms with Crippen molar-refractivity contribution in [2.75, 3.05) is 18.1 Å². The van der Waals surface area contributed by atoms with Crippen LogP contribution < -0.4 is 9.64 Å². The first-order chi connectivity index (χ1) is 17.1. The number of aromatic nitrogens is 3. The Morgan fingerprint density at radius 1 is 1.11 bits per heavy atom. The number of rotatable bonds is 10. The highest BCUT2D eigenvalue weighted by atomic mass is 16.5. The van der Waals surface area contributed by atoms with Crippen molar-refractivity contribution < 1.29 is 14.6 Å². The van der Waals surface area contributed by atoms with E-state index in [1.807, 2.05) is 6.20 Å². The molecule has 1 saturated carbocycles. The molecule has 0 amide bonds. The number of carboxylic acid groups (broad SMARTS) is 1. The first-order valence-electron chi connectivity index (χ1n) is 13.2. The van der Waals surface area contributed by atoms with E-state index in [0.29, 0.717) is 30.9 Å². The van der Waals surface area contributed by atoms with Gasteiger partial charge in [0.25, 0.3) is 0 Å². The van der Waals surface area contributed by atoms with Gasteiger partial charge in [0.2, 0.25) is 5.88 Å². The summed E-state index contributed by atoms with van der Waals surface area (Å²) in [6, 6.07) is 4.23. The standard InChI is InChI=1S/C27H35N5O3/c1-2-3-4-5-6-7-22-29-25-24-26(31-25)32(14-15-35-27(24)30-22)20-12-13-21(28-17-20)19-10-8-18(9-11-19)16-23(33)34/h12-13,17-19H,2-11,14-16H2,1H3,(H,33,34). The van der Waals surface area contributed by atoms with Crippen LogP contribution in [-0.2, 0) is 11.2 Å². The largest absolute Gasteiger partial charge is 0.481 e. The molecule has 1 aliphatic carbocycles. The van der Waals surface area contributed by atoms with E-state index in [1.54, 1.807) is 0 Å². The number of ether oxygens (including phenoxy) is 1. The number of aliphatic carboxylic acids is 1. The van der Waals surface area contributed by atoms with Gasteiger partial charge in [-0.05, 0) is 50.2 Å². The summed E-state index contributed by atoms with van der Waals surface area (Å²) in [5.74, 6) is 3.11. The van der Waals surface area contributed by atoms with Crippen LogP contribution in [0.1, 0.15) is 94.1 Å². The minimum Gasteiger partial charge on any atom is -0.481 e. The second kappa shape index (κ2) is 10.7. The van der Waals surface area contributed by atoms with Crippen LogP contribution in [0.3, 0.4) is 0 Å². The molecule has 0 spiro atoms. The van der Waals surface area contributed by atoms with Gasteiger partial charge in [0, 0.05) is 24.5 Å². The molecule has 1 fully saturated rings. The van der Waals surface area contributed by atoms with Crippen LogP contribution in [0, 0.1) is 5.92 Å². The number of pyridine rings is 1. The molecule has 8 heteroatoms. The number of aliphatic imine (C=N–C) groups is 1. The van der Waals surface area contributed by atoms with Gasteiger partial charge >= 0.3 is 5.97 Å². The number of aryl methyl sites for hydroxylation is 1. The number of hydrogen-bond donors (Lipinski definition) is 1. The van der Waals surface area contributed by atoms with E-state index in [9.17, 15) is 4.79 Å². The number of amidine groups is 1. The molecule has 186 valence electrons. The molecule has 0 aromatic carbocycles. The van der Waals surface area contributed by atoms with E-state index >= 15 is 0 Å². The maximum atomic E-state index is 11.0. The van der Waals surface area contributed by atoms with Crippen molar-refractivity contribution in [3.63, 3.8) is 0 Å². The molecule has 8 nitrogen and oxygen atoms in total. The summed E-state index contributed by atoms with van der Waals surface area (Å²) in [6.07, 6.45) is 13.1. The van der Waals surface area contributed by atoms with Crippen molar-refractivity contribution >= 4 is 23.3 Å². The van der Waals surface area contributed by atoms with Crippen LogP contribution in [0.4, 0.5) is 11.5 Å². The third-order valence-corrected chi connectivity index (χ3v) is 7.46. The topological polar surface area (TPSA) is 101 Å². The number of carbonyl (C=O) groups is 1. The molecule has 35 heavy (non-hydrogen) atoms. The summed E-state index contributed by atoms with van der Waals surface area (Å²) in [6.45, 7) is 3.45. The zero-order valence-electron chi connectivity index (χ0n) is 20.6. The van der Waals surface area contributed by atoms with Gasteiger partial charge in [0.1, 0.15) is 18.0 Å². The summed E-state index contributed by atoms with van der Waals surface area (Å²) in [7, 11) is 0. The van der Waals surface area contributed by atoms with Crippen molar-refractivity contribution in [3.8, 4) is 5.88 Å². The van der Waals surface area contributed by atoms with Crippen LogP contribution >= 0.6 is 0 Å². The van der Waals surface area contributed by atoms with Gasteiger partial charge in [0.15, 0.2) is 11.7 Å². The third-order valence-electron chi connectivity index (χ3n) is 7.46. The average Bonchev–Trinajstić information content (AvgIpc) is 3.01. The molecule has 5 rings (SSSR count). The summed E-state index contributed by atoms with van der Waals surface area (Å²) < 4.78 is 6.02. The fourth-order valence-electron chi connectivity index (χ4n) is 5.45. The number of anilines is 1. The smallest absolute Gasteiger partial charge is 0.303 e. The Kier molecular flexibility index (Phi) is 7.25. The monoisotopic (exact) mass is 477 g/mol. The minimum absolute atomic E-state index is 0.284. The van der Waals surface area contributed by atoms with Gasteiger partial charge in [-0.2, -0.15) is 4.98 Å². The van der Waals surface area contributed by atoms with E-state index in [2.05, 4.69) is 28.9 Å². The van der Waals surface area contributed by atoms with Crippen LogP contribution in [0.5, 0.6) is 5.88 Å². The minimum atomic E-state index is -0.690. The van der Waals surface area contributed by atoms with Crippen molar-refractivity contribution in [1.29, 1.82) is 0 Å². The maximum absolute atomic E-state index is 11.0. The SMILES string of the molecule is CCCCCCCc1nc2c3c(n1)OCCN(c1ccc(C4CCC(CC(=O)O)CC4)nc1)C3=N2. The number of unbranched alkanes of at least 4 members (excludes halogenated alkanes) is 4. The lowest BCUT2D eigenvalue weighted by Crippen LogP contribution is -2.36. The maximum Gasteiger partial charge on any atom is 0.303 e. The molecule has 0 radical (unpaired) electrons. The second-order valence-electron chi connectivity index (χ2n) is 10.0. The first-order valence-corrected chi connectivity index (χ1v) is 13.2. The van der Waals surface area contributed by atoms with Gasteiger partial charge in [-0.25, -0.2) is 9.98 Å². The van der Waals surface area contributed by atoms with Gasteiger partial charge in [-0.3, -0.25) is 9.78 Å². The molecule has 0 saturated heterocycles. The lowest BCUT2D eigenvalue weighted by atomic mass is 9.79. The highest BCUT2D eigenvalue weighted by Crippen LogP contribution is 2.40. The number of carboxylic acids is 1. The fraction of sp³-hybridized carbons (Fsp3) is 0.593. The van der Waals surface area contributed by atoms with Gasteiger partial charge in [-0.15, -0.1) is 0 Å². The Bertz CT molecular complexity index is 1080. The Balaban J connectivity index is 1.22. The highest BCUT2D eigenvalue weighted by molar-refractivity contribution is 6.20. The molecular weight excluding hydrogens is 442 g/mol. The van der Waals surface area contributed by atoms with Gasteiger partial charge < -0.3 is 14.7 Å². The van der Waals surface area contributed by atoms with E-state index in [4.69, 9.17) is 24.8 Å². The van der Waals surface area contributed by atoms with Crippen LogP contribution in [0.25, 0.3) is 0 Å². The van der Waals surface area contributed by atoms with Gasteiger partial charge in [-0.1, -0.05) is 32.6 Å². The zero-order chi connectivity index (χ0) is 24.2. The van der Waals surface area contributed by atoms with Crippen molar-refractivity contribution in [2.45, 2.75) is 83.5 Å². The molecule has 0 atom stereocenters. The summed E-state index contributed by atoms with van der Waals surface area (Å²) >= 11 is 0. The molecule has 0 unspecified atom stereocenters. The molecule has 2 aromatic heterocycles. The third kappa shape index (κ3) is 5.31. The molecule has 0 bridgehead atoms. The molecule has 1 N–H and O–H groups in total. The Labute approximate surface area is 206 Å². The zero-order valence-corrected chi connectivity index (χ0v) is 20.6. The Hall–Kier alpha value is -3.03. The second-order valence-corrected chi connectivity index (χ2v) is 10.0. The lowest BCUT2D eigenvalue weighted by molar-refractivity contribution is -0.138. The molecule has 3 aliphatic rings. The lowest BCUT2D eigenvalue weighted by Gasteiger charge is -2.29. The van der Waals surface area contributed by atoms with Crippen molar-refractivity contribution in [3.05, 3.63) is 35.4 Å². The van der Waals surface area contributed by atoms with Crippen molar-refractivity contribution in [1.82, 2.24) is 15.0 Å². The predicted molar refractivity (Wildman–Crippen MR) is 135 cm³/mol. The number of nitrogens with zero attached hydrogens (tertiary/aromatic N) is 5. The van der Waals surface area contributed by atoms with E-state index in [1.165, 1.54) is 25.7 Å². The predicted octanol–water partition coefficient (Wildman–Crippen LogP) is 5.42. The molecule has 2 aliphatic heterocycles. The van der Waals surface area contributed by atoms with Gasteiger partial charge in [0.05, 0.1) is 18.4 Å². The van der Waals surface area contributed by atoms with E-state index < -0.39 is 5.97 Å². The van der Waals surface area contributed by atoms with E-state index in [-0.39, 0.29) is 6.42 Å². The summed E-state index contributed by atoms with van der Waals surface area (Å²) in [4.78, 5) is 32.1. The molecule has 2 aromatic rings. The Morgan fingerprint density at radius 2 is 1.94 bits per heavy atom. The Morgan fingerprint density at radius 3 is 2.69 bits per heavy atom. The fourth-order valence-corrected chi connectivity index (χ4v) is 5.45. The average molecular weight is 478 g/mol. The molecule has 4 heterocycles. The van der Waals surface area contributed by atoms with Crippen molar-refractivity contribution in [2.24, 2.45) is 10.9 Å². The van der Waals surface area contributed by atoms with E-state index in [0.717, 1.165) is 72.9 Å². The first kappa shape index (κ1) is 23.7.